The third-order valence-corrected chi connectivity index (χ3v) is 1.77. The Morgan fingerprint density at radius 3 is 2.19 bits per heavy atom. The number of hydrogen-bond acceptors (Lipinski definition) is 4. The van der Waals surface area contributed by atoms with E-state index in [1.165, 1.54) is 0 Å². The number of alkyl carbamates (subject to hydrolysis) is 1. The van der Waals surface area contributed by atoms with Crippen LogP contribution in [0, 0.1) is 5.92 Å². The summed E-state index contributed by atoms with van der Waals surface area (Å²) in [7, 11) is 0. The fourth-order valence-corrected chi connectivity index (χ4v) is 0.950. The average Bonchev–Trinajstić information content (AvgIpc) is 2.09. The maximum atomic E-state index is 11.3. The van der Waals surface area contributed by atoms with Gasteiger partial charge in [0, 0.05) is 0 Å². The normalized spacial score (nSPS) is 13.4. The maximum Gasteiger partial charge on any atom is 0.408 e. The molecule has 0 rings (SSSR count). The largest absolute Gasteiger partial charge is 0.444 e. The molecule has 0 aromatic rings. The van der Waals surface area contributed by atoms with Gasteiger partial charge in [0.2, 0.25) is 0 Å². The third-order valence-electron chi connectivity index (χ3n) is 1.77. The Kier molecular flexibility index (Phi) is 5.44. The Morgan fingerprint density at radius 2 is 1.81 bits per heavy atom. The number of rotatable bonds is 4. The molecule has 0 aliphatic heterocycles. The molecule has 0 spiro atoms. The van der Waals surface area contributed by atoms with Crippen molar-refractivity contribution in [2.75, 3.05) is 6.54 Å². The van der Waals surface area contributed by atoms with Crippen LogP contribution in [0.2, 0.25) is 0 Å². The zero-order valence-corrected chi connectivity index (χ0v) is 10.5. The molecule has 0 aromatic carbocycles. The molecule has 0 aromatic heterocycles. The van der Waals surface area contributed by atoms with Gasteiger partial charge in [-0.2, -0.15) is 0 Å². The summed E-state index contributed by atoms with van der Waals surface area (Å²) in [6, 6.07) is 0. The summed E-state index contributed by atoms with van der Waals surface area (Å²) in [5.74, 6) is -0.575. The van der Waals surface area contributed by atoms with E-state index >= 15 is 0 Å². The minimum atomic E-state index is -1.05. The van der Waals surface area contributed by atoms with Crippen molar-refractivity contribution in [3.05, 3.63) is 0 Å². The second kappa shape index (κ2) is 5.84. The molecular weight excluding hydrogens is 210 g/mol. The van der Waals surface area contributed by atoms with Crippen molar-refractivity contribution in [2.45, 2.75) is 46.3 Å². The zero-order valence-electron chi connectivity index (χ0n) is 10.5. The van der Waals surface area contributed by atoms with Gasteiger partial charge in [-0.3, -0.25) is 4.79 Å². The van der Waals surface area contributed by atoms with Crippen LogP contribution in [0.1, 0.15) is 34.6 Å². The van der Waals surface area contributed by atoms with Crippen LogP contribution in [-0.2, 0) is 9.53 Å². The molecule has 16 heavy (non-hydrogen) atoms. The highest BCUT2D eigenvalue weighted by Crippen LogP contribution is 2.06. The van der Waals surface area contributed by atoms with E-state index in [4.69, 9.17) is 4.74 Å². The molecule has 0 aliphatic carbocycles. The minimum Gasteiger partial charge on any atom is -0.444 e. The van der Waals surface area contributed by atoms with Crippen molar-refractivity contribution >= 4 is 11.9 Å². The van der Waals surface area contributed by atoms with Gasteiger partial charge in [0.05, 0.1) is 6.54 Å². The van der Waals surface area contributed by atoms with Crippen LogP contribution >= 0.6 is 0 Å². The SMILES string of the molecule is CC(C)[C@@H](O)C(=O)CNC(=O)OC(C)(C)C. The molecular formula is C11H21NO4. The number of amides is 1. The van der Waals surface area contributed by atoms with Crippen molar-refractivity contribution in [1.29, 1.82) is 0 Å². The second-order valence-electron chi connectivity index (χ2n) is 5.01. The Bertz CT molecular complexity index is 255. The van der Waals surface area contributed by atoms with Crippen LogP contribution in [0.15, 0.2) is 0 Å². The van der Waals surface area contributed by atoms with E-state index in [-0.39, 0.29) is 12.5 Å². The second-order valence-corrected chi connectivity index (χ2v) is 5.01. The maximum absolute atomic E-state index is 11.3. The van der Waals surface area contributed by atoms with E-state index in [0.717, 1.165) is 0 Å². The Balaban J connectivity index is 3.98. The van der Waals surface area contributed by atoms with Crippen LogP contribution in [0.5, 0.6) is 0 Å². The van der Waals surface area contributed by atoms with Crippen LogP contribution in [0.4, 0.5) is 4.79 Å². The predicted molar refractivity (Wildman–Crippen MR) is 60.1 cm³/mol. The van der Waals surface area contributed by atoms with Crippen molar-refractivity contribution in [3.8, 4) is 0 Å². The summed E-state index contributed by atoms with van der Waals surface area (Å²) < 4.78 is 4.94. The lowest BCUT2D eigenvalue weighted by Gasteiger charge is -2.20. The molecule has 0 aliphatic rings. The zero-order chi connectivity index (χ0) is 12.9. The molecule has 0 heterocycles. The molecule has 0 bridgehead atoms. The Hall–Kier alpha value is -1.10. The number of aliphatic hydroxyl groups is 1. The van der Waals surface area contributed by atoms with Crippen LogP contribution < -0.4 is 5.32 Å². The number of carbonyl (C=O) groups is 2. The van der Waals surface area contributed by atoms with Crippen molar-refractivity contribution < 1.29 is 19.4 Å². The summed E-state index contributed by atoms with van der Waals surface area (Å²) in [5.41, 5.74) is -0.593. The average molecular weight is 231 g/mol. The van der Waals surface area contributed by atoms with Crippen LogP contribution in [0.3, 0.4) is 0 Å². The van der Waals surface area contributed by atoms with E-state index < -0.39 is 23.6 Å². The minimum absolute atomic E-state index is 0.159. The number of hydrogen-bond donors (Lipinski definition) is 2. The summed E-state index contributed by atoms with van der Waals surface area (Å²) in [4.78, 5) is 22.5. The van der Waals surface area contributed by atoms with Gasteiger partial charge < -0.3 is 15.2 Å². The highest BCUT2D eigenvalue weighted by Gasteiger charge is 2.21. The molecule has 0 fully saturated rings. The molecule has 5 nitrogen and oxygen atoms in total. The van der Waals surface area contributed by atoms with Gasteiger partial charge in [-0.15, -0.1) is 0 Å². The summed E-state index contributed by atoms with van der Waals surface area (Å²) in [5, 5.41) is 11.7. The van der Waals surface area contributed by atoms with E-state index in [1.807, 2.05) is 0 Å². The molecule has 0 radical (unpaired) electrons. The first kappa shape index (κ1) is 14.9. The fraction of sp³-hybridized carbons (Fsp3) is 0.818. The molecule has 0 unspecified atom stereocenters. The number of aliphatic hydroxyl groups excluding tert-OH is 1. The van der Waals surface area contributed by atoms with E-state index in [0.29, 0.717) is 0 Å². The number of carbonyl (C=O) groups excluding carboxylic acids is 2. The topological polar surface area (TPSA) is 75.6 Å². The Morgan fingerprint density at radius 1 is 1.31 bits per heavy atom. The summed E-state index contributed by atoms with van der Waals surface area (Å²) >= 11 is 0. The highest BCUT2D eigenvalue weighted by atomic mass is 16.6. The van der Waals surface area contributed by atoms with Gasteiger partial charge in [0.1, 0.15) is 11.7 Å². The first-order valence-corrected chi connectivity index (χ1v) is 5.31. The van der Waals surface area contributed by atoms with Gasteiger partial charge in [0.15, 0.2) is 5.78 Å². The molecule has 5 heteroatoms. The predicted octanol–water partition coefficient (Wildman–Crippen LogP) is 1.10. The van der Waals surface area contributed by atoms with Gasteiger partial charge in [-0.1, -0.05) is 13.8 Å². The first-order valence-electron chi connectivity index (χ1n) is 5.31. The standard InChI is InChI=1S/C11H21NO4/c1-7(2)9(14)8(13)6-12-10(15)16-11(3,4)5/h7,9,14H,6H2,1-5H3,(H,12,15)/t9-/m1/s1. The lowest BCUT2D eigenvalue weighted by Crippen LogP contribution is -2.40. The van der Waals surface area contributed by atoms with Gasteiger partial charge in [-0.05, 0) is 26.7 Å². The van der Waals surface area contributed by atoms with E-state index in [1.54, 1.807) is 34.6 Å². The third kappa shape index (κ3) is 6.40. The summed E-state index contributed by atoms with van der Waals surface area (Å²) in [6.07, 6.45) is -1.70. The number of ketones is 1. The van der Waals surface area contributed by atoms with Crippen molar-refractivity contribution in [3.63, 3.8) is 0 Å². The highest BCUT2D eigenvalue weighted by molar-refractivity contribution is 5.87. The molecule has 0 saturated heterocycles. The van der Waals surface area contributed by atoms with Crippen LogP contribution in [0.25, 0.3) is 0 Å². The van der Waals surface area contributed by atoms with E-state index in [2.05, 4.69) is 5.32 Å². The monoisotopic (exact) mass is 231 g/mol. The molecule has 0 saturated carbocycles. The number of Topliss-reactive ketones (excluding diaryl/α,β-unsaturated/α-hetero) is 1. The quantitative estimate of drug-likeness (QED) is 0.759. The molecule has 2 N–H and O–H groups in total. The number of nitrogens with one attached hydrogen (secondary N) is 1. The van der Waals surface area contributed by atoms with E-state index in [9.17, 15) is 14.7 Å². The number of ether oxygens (including phenoxy) is 1. The smallest absolute Gasteiger partial charge is 0.408 e. The molecule has 94 valence electrons. The van der Waals surface area contributed by atoms with Gasteiger partial charge >= 0.3 is 6.09 Å². The molecule has 1 amide bonds. The first-order chi connectivity index (χ1) is 7.13. The lowest BCUT2D eigenvalue weighted by atomic mass is 10.0. The van der Waals surface area contributed by atoms with Crippen LogP contribution in [-0.4, -0.2) is 35.2 Å². The Labute approximate surface area is 96.2 Å². The molecule has 1 atom stereocenters. The van der Waals surface area contributed by atoms with Gasteiger partial charge in [0.25, 0.3) is 0 Å². The van der Waals surface area contributed by atoms with Gasteiger partial charge in [-0.25, -0.2) is 4.79 Å². The van der Waals surface area contributed by atoms with Crippen molar-refractivity contribution in [1.82, 2.24) is 5.32 Å². The fourth-order valence-electron chi connectivity index (χ4n) is 0.950. The summed E-state index contributed by atoms with van der Waals surface area (Å²) in [6.45, 7) is 8.45. The lowest BCUT2D eigenvalue weighted by molar-refractivity contribution is -0.128. The van der Waals surface area contributed by atoms with Crippen molar-refractivity contribution in [2.24, 2.45) is 5.92 Å².